The number of hydrogen-bond donors (Lipinski definition) is 1. The maximum absolute atomic E-state index is 13.2. The predicted molar refractivity (Wildman–Crippen MR) is 122 cm³/mol. The fourth-order valence-electron chi connectivity index (χ4n) is 2.80. The van der Waals surface area contributed by atoms with Crippen LogP contribution in [0.25, 0.3) is 5.57 Å². The van der Waals surface area contributed by atoms with Crippen LogP contribution in [0.2, 0.25) is 5.02 Å². The molecule has 4 nitrogen and oxygen atoms in total. The molecular weight excluding hydrogens is 391 g/mol. The molecule has 2 rings (SSSR count). The first-order valence-electron chi connectivity index (χ1n) is 9.11. The lowest BCUT2D eigenvalue weighted by Crippen LogP contribution is -2.36. The average Bonchev–Trinajstić information content (AvgIpc) is 2.75. The van der Waals surface area contributed by atoms with Crippen LogP contribution in [-0.2, 0) is 9.53 Å². The first-order chi connectivity index (χ1) is 14.0. The van der Waals surface area contributed by atoms with Crippen LogP contribution in [0.3, 0.4) is 0 Å². The van der Waals surface area contributed by atoms with Crippen LogP contribution < -0.4 is 5.32 Å². The van der Waals surface area contributed by atoms with Gasteiger partial charge in [0.25, 0.3) is 0 Å². The van der Waals surface area contributed by atoms with E-state index in [-0.39, 0.29) is 11.9 Å². The van der Waals surface area contributed by atoms with E-state index in [0.29, 0.717) is 18.0 Å². The second kappa shape index (κ2) is 15.4. The van der Waals surface area contributed by atoms with E-state index in [1.807, 2.05) is 25.2 Å². The Bertz CT molecular complexity index is 742. The second-order valence-electron chi connectivity index (χ2n) is 6.01. The first kappa shape index (κ1) is 26.4. The molecule has 1 atom stereocenters. The van der Waals surface area contributed by atoms with Gasteiger partial charge in [0.1, 0.15) is 5.83 Å². The summed E-state index contributed by atoms with van der Waals surface area (Å²) in [4.78, 5) is 13.0. The van der Waals surface area contributed by atoms with Crippen molar-refractivity contribution in [3.05, 3.63) is 58.9 Å². The Kier molecular flexibility index (Phi) is 14.0. The lowest BCUT2D eigenvalue weighted by Gasteiger charge is -2.31. The minimum absolute atomic E-state index is 0.0872. The summed E-state index contributed by atoms with van der Waals surface area (Å²) in [6, 6.07) is 5.64. The van der Waals surface area contributed by atoms with Gasteiger partial charge in [0.05, 0.1) is 6.04 Å². The molecule has 0 aromatic heterocycles. The number of allylic oxidation sites excluding steroid dienone is 3. The number of anilines is 1. The fourth-order valence-corrected chi connectivity index (χ4v) is 2.97. The number of carbonyl (C=O) groups is 1. The van der Waals surface area contributed by atoms with Gasteiger partial charge in [-0.2, -0.15) is 0 Å². The normalized spacial score (nSPS) is 16.1. The van der Waals surface area contributed by atoms with Crippen molar-refractivity contribution in [2.45, 2.75) is 25.8 Å². The van der Waals surface area contributed by atoms with Gasteiger partial charge in [0, 0.05) is 44.1 Å². The van der Waals surface area contributed by atoms with Gasteiger partial charge >= 0.3 is 0 Å². The minimum Gasteiger partial charge on any atom is -0.388 e. The molecule has 0 spiro atoms. The van der Waals surface area contributed by atoms with E-state index in [9.17, 15) is 9.18 Å². The number of carbonyl (C=O) groups excluding carboxylic acids is 1. The predicted octanol–water partition coefficient (Wildman–Crippen LogP) is 5.33. The van der Waals surface area contributed by atoms with Crippen LogP contribution in [0.5, 0.6) is 0 Å². The van der Waals surface area contributed by atoms with Crippen molar-refractivity contribution in [1.29, 1.82) is 0 Å². The number of nitrogens with zero attached hydrogens (tertiary/aromatic N) is 1. The molecule has 0 aliphatic carbocycles. The third kappa shape index (κ3) is 8.99. The zero-order chi connectivity index (χ0) is 22.2. The summed E-state index contributed by atoms with van der Waals surface area (Å²) < 4.78 is 17.5. The Labute approximate surface area is 179 Å². The van der Waals surface area contributed by atoms with Crippen molar-refractivity contribution in [2.24, 2.45) is 0 Å². The van der Waals surface area contributed by atoms with E-state index in [1.165, 1.54) is 12.2 Å². The summed E-state index contributed by atoms with van der Waals surface area (Å²) in [5.41, 5.74) is 3.19. The number of methoxy groups -OCH3 is 1. The van der Waals surface area contributed by atoms with Gasteiger partial charge < -0.3 is 15.0 Å². The molecule has 29 heavy (non-hydrogen) atoms. The van der Waals surface area contributed by atoms with Crippen molar-refractivity contribution in [2.75, 3.05) is 33.1 Å². The minimum atomic E-state index is -0.278. The maximum Gasteiger partial charge on any atom is 0.210 e. The number of hydrogen-bond acceptors (Lipinski definition) is 3. The smallest absolute Gasteiger partial charge is 0.210 e. The van der Waals surface area contributed by atoms with E-state index in [2.05, 4.69) is 29.0 Å². The summed E-state index contributed by atoms with van der Waals surface area (Å²) in [5, 5.41) is 3.85. The van der Waals surface area contributed by atoms with Crippen LogP contribution in [0.4, 0.5) is 10.1 Å². The number of halogens is 2. The monoisotopic (exact) mass is 420 g/mol. The van der Waals surface area contributed by atoms with E-state index in [0.717, 1.165) is 29.7 Å². The lowest BCUT2D eigenvalue weighted by atomic mass is 9.93. The molecule has 0 fully saturated rings. The molecule has 158 valence electrons. The molecule has 0 radical (unpaired) electrons. The molecule has 1 aliphatic heterocycles. The molecule has 1 amide bonds. The average molecular weight is 421 g/mol. The highest BCUT2D eigenvalue weighted by atomic mass is 35.5. The van der Waals surface area contributed by atoms with Gasteiger partial charge in [-0.15, -0.1) is 12.8 Å². The molecule has 1 unspecified atom stereocenters. The van der Waals surface area contributed by atoms with Crippen LogP contribution in [0, 0.1) is 12.8 Å². The molecule has 6 heteroatoms. The summed E-state index contributed by atoms with van der Waals surface area (Å²) in [7, 11) is 5.12. The SMILES string of the molecule is C#C.C/C=C(F)\C=C/CC1C=C(c2cc(Cl)ccc2NC)CCN1C=O.COC. The second-order valence-corrected chi connectivity index (χ2v) is 6.45. The van der Waals surface area contributed by atoms with Crippen molar-refractivity contribution >= 4 is 29.3 Å². The lowest BCUT2D eigenvalue weighted by molar-refractivity contribution is -0.119. The summed E-state index contributed by atoms with van der Waals surface area (Å²) in [6.07, 6.45) is 16.9. The zero-order valence-corrected chi connectivity index (χ0v) is 18.2. The first-order valence-corrected chi connectivity index (χ1v) is 9.49. The van der Waals surface area contributed by atoms with Crippen molar-refractivity contribution in [3.8, 4) is 12.8 Å². The largest absolute Gasteiger partial charge is 0.388 e. The third-order valence-corrected chi connectivity index (χ3v) is 4.36. The van der Waals surface area contributed by atoms with E-state index >= 15 is 0 Å². The highest BCUT2D eigenvalue weighted by Crippen LogP contribution is 2.32. The number of rotatable bonds is 6. The van der Waals surface area contributed by atoms with E-state index in [4.69, 9.17) is 11.6 Å². The zero-order valence-electron chi connectivity index (χ0n) is 17.5. The molecule has 1 aromatic carbocycles. The Morgan fingerprint density at radius 3 is 2.62 bits per heavy atom. The van der Waals surface area contributed by atoms with Gasteiger partial charge in [-0.05, 0) is 49.6 Å². The number of nitrogens with one attached hydrogen (secondary N) is 1. The molecular formula is C23H30ClFN2O2. The Balaban J connectivity index is 0.00000143. The number of benzene rings is 1. The van der Waals surface area contributed by atoms with Crippen LogP contribution >= 0.6 is 11.6 Å². The van der Waals surface area contributed by atoms with Crippen LogP contribution in [-0.4, -0.2) is 45.2 Å². The molecule has 0 saturated carbocycles. The Morgan fingerprint density at radius 2 is 2.07 bits per heavy atom. The summed E-state index contributed by atoms with van der Waals surface area (Å²) in [5.74, 6) is -0.278. The van der Waals surface area contributed by atoms with Gasteiger partial charge in [0.15, 0.2) is 0 Å². The molecule has 1 heterocycles. The number of amides is 1. The summed E-state index contributed by atoms with van der Waals surface area (Å²) in [6.45, 7) is 2.28. The molecule has 0 saturated heterocycles. The maximum atomic E-state index is 13.2. The van der Waals surface area contributed by atoms with Gasteiger partial charge in [-0.3, -0.25) is 4.79 Å². The van der Waals surface area contributed by atoms with Crippen molar-refractivity contribution < 1.29 is 13.9 Å². The quantitative estimate of drug-likeness (QED) is 0.384. The van der Waals surface area contributed by atoms with Crippen molar-refractivity contribution in [3.63, 3.8) is 0 Å². The molecule has 1 aromatic rings. The molecule has 1 N–H and O–H groups in total. The van der Waals surface area contributed by atoms with Gasteiger partial charge in [0.2, 0.25) is 6.41 Å². The van der Waals surface area contributed by atoms with Gasteiger partial charge in [-0.1, -0.05) is 29.8 Å². The highest BCUT2D eigenvalue weighted by molar-refractivity contribution is 6.30. The van der Waals surface area contributed by atoms with Gasteiger partial charge in [-0.25, -0.2) is 4.39 Å². The highest BCUT2D eigenvalue weighted by Gasteiger charge is 2.21. The number of ether oxygens (including phenoxy) is 1. The number of terminal acetylenes is 1. The standard InChI is InChI=1S/C19H22ClFN2O.C2H6O.C2H2/c1-3-16(21)5-4-6-17-11-14(9-10-23(17)13-24)18-12-15(20)7-8-19(18)22-2;1-3-2;1-2/h3-5,7-8,11-13,17,22H,6,9-10H2,1-2H3;1-2H3;1-2H/b5-4-,16-3+;;. The topological polar surface area (TPSA) is 41.6 Å². The third-order valence-electron chi connectivity index (χ3n) is 4.12. The Morgan fingerprint density at radius 1 is 1.41 bits per heavy atom. The molecule has 0 bridgehead atoms. The molecule has 1 aliphatic rings. The van der Waals surface area contributed by atoms with Crippen molar-refractivity contribution in [1.82, 2.24) is 4.90 Å². The summed E-state index contributed by atoms with van der Waals surface area (Å²) >= 11 is 6.14. The fraction of sp³-hybridized carbons (Fsp3) is 0.348. The van der Waals surface area contributed by atoms with E-state index in [1.54, 1.807) is 32.1 Å². The van der Waals surface area contributed by atoms with Crippen LogP contribution in [0.15, 0.2) is 48.3 Å². The Hall–Kier alpha value is -2.55. The van der Waals surface area contributed by atoms with Crippen LogP contribution in [0.1, 0.15) is 25.3 Å². The van der Waals surface area contributed by atoms with E-state index < -0.39 is 0 Å².